The lowest BCUT2D eigenvalue weighted by atomic mass is 9.96. The quantitative estimate of drug-likeness (QED) is 0.600. The fourth-order valence-corrected chi connectivity index (χ4v) is 2.44. The third-order valence-electron chi connectivity index (χ3n) is 3.54. The topological polar surface area (TPSA) is 84.2 Å². The monoisotopic (exact) mass is 225 g/mol. The average molecular weight is 225 g/mol. The highest BCUT2D eigenvalue weighted by Gasteiger charge is 2.38. The van der Waals surface area contributed by atoms with Crippen LogP contribution in [-0.4, -0.2) is 29.9 Å². The third-order valence-corrected chi connectivity index (χ3v) is 3.54. The number of rotatable bonds is 2. The molecule has 1 heterocycles. The van der Waals surface area contributed by atoms with Crippen molar-refractivity contribution in [2.75, 3.05) is 6.54 Å². The maximum absolute atomic E-state index is 12.0. The molecule has 1 aliphatic carbocycles. The van der Waals surface area contributed by atoms with E-state index in [1.165, 1.54) is 0 Å². The third kappa shape index (κ3) is 2.19. The highest BCUT2D eigenvalue weighted by atomic mass is 16.2. The Kier molecular flexibility index (Phi) is 3.14. The van der Waals surface area contributed by atoms with Crippen molar-refractivity contribution in [3.05, 3.63) is 0 Å². The van der Waals surface area contributed by atoms with Crippen molar-refractivity contribution in [1.29, 1.82) is 0 Å². The van der Waals surface area contributed by atoms with Crippen molar-refractivity contribution in [1.82, 2.24) is 10.6 Å². The molecule has 0 radical (unpaired) electrons. The highest BCUT2D eigenvalue weighted by molar-refractivity contribution is 5.92. The molecule has 1 atom stereocenters. The molecule has 0 spiro atoms. The van der Waals surface area contributed by atoms with Crippen LogP contribution >= 0.6 is 0 Å². The fourth-order valence-electron chi connectivity index (χ4n) is 2.44. The molecule has 2 rings (SSSR count). The molecule has 0 aromatic rings. The Labute approximate surface area is 95.1 Å². The van der Waals surface area contributed by atoms with Crippen molar-refractivity contribution >= 4 is 11.8 Å². The number of piperidine rings is 1. The molecule has 2 fully saturated rings. The van der Waals surface area contributed by atoms with Gasteiger partial charge in [0, 0.05) is 6.54 Å². The molecular weight excluding hydrogens is 206 g/mol. The Morgan fingerprint density at radius 3 is 2.69 bits per heavy atom. The predicted molar refractivity (Wildman–Crippen MR) is 59.6 cm³/mol. The number of nitrogens with two attached hydrogens (primary N) is 1. The standard InChI is InChI=1S/C11H19N3O2/c12-11(5-1-2-6-11)10(16)14-8-4-3-7-13-9(8)15/h8H,1-7,12H2,(H,13,15)(H,14,16). The van der Waals surface area contributed by atoms with Crippen LogP contribution < -0.4 is 16.4 Å². The van der Waals surface area contributed by atoms with E-state index in [9.17, 15) is 9.59 Å². The van der Waals surface area contributed by atoms with E-state index in [1.807, 2.05) is 0 Å². The summed E-state index contributed by atoms with van der Waals surface area (Å²) in [6, 6.07) is -0.387. The zero-order valence-electron chi connectivity index (χ0n) is 9.42. The number of hydrogen-bond donors (Lipinski definition) is 3. The molecule has 1 saturated heterocycles. The number of nitrogens with one attached hydrogen (secondary N) is 2. The van der Waals surface area contributed by atoms with Crippen molar-refractivity contribution in [3.63, 3.8) is 0 Å². The number of amides is 2. The summed E-state index contributed by atoms with van der Waals surface area (Å²) in [4.78, 5) is 23.4. The van der Waals surface area contributed by atoms with Crippen LogP contribution in [0.1, 0.15) is 38.5 Å². The van der Waals surface area contributed by atoms with Crippen LogP contribution in [0.15, 0.2) is 0 Å². The molecule has 1 unspecified atom stereocenters. The Morgan fingerprint density at radius 1 is 1.38 bits per heavy atom. The van der Waals surface area contributed by atoms with Crippen LogP contribution in [0, 0.1) is 0 Å². The van der Waals surface area contributed by atoms with Crippen LogP contribution in [0.25, 0.3) is 0 Å². The van der Waals surface area contributed by atoms with Gasteiger partial charge in [-0.15, -0.1) is 0 Å². The van der Waals surface area contributed by atoms with Gasteiger partial charge < -0.3 is 16.4 Å². The Balaban J connectivity index is 1.93. The molecule has 0 bridgehead atoms. The summed E-state index contributed by atoms with van der Waals surface area (Å²) < 4.78 is 0. The van der Waals surface area contributed by atoms with Crippen LogP contribution in [0.5, 0.6) is 0 Å². The van der Waals surface area contributed by atoms with E-state index in [4.69, 9.17) is 5.73 Å². The van der Waals surface area contributed by atoms with E-state index >= 15 is 0 Å². The van der Waals surface area contributed by atoms with Crippen molar-refractivity contribution in [2.45, 2.75) is 50.1 Å². The van der Waals surface area contributed by atoms with Gasteiger partial charge in [0.25, 0.3) is 0 Å². The van der Waals surface area contributed by atoms with Gasteiger partial charge in [-0.05, 0) is 25.7 Å². The lowest BCUT2D eigenvalue weighted by Gasteiger charge is -2.28. The lowest BCUT2D eigenvalue weighted by Crippen LogP contribution is -2.58. The van der Waals surface area contributed by atoms with Gasteiger partial charge in [-0.3, -0.25) is 9.59 Å². The first-order chi connectivity index (χ1) is 7.62. The van der Waals surface area contributed by atoms with Crippen LogP contribution in [-0.2, 0) is 9.59 Å². The lowest BCUT2D eigenvalue weighted by molar-refractivity contribution is -0.132. The predicted octanol–water partition coefficient (Wildman–Crippen LogP) is -0.347. The first-order valence-electron chi connectivity index (χ1n) is 5.99. The van der Waals surface area contributed by atoms with Crippen LogP contribution in [0.4, 0.5) is 0 Å². The Hall–Kier alpha value is -1.10. The smallest absolute Gasteiger partial charge is 0.242 e. The van der Waals surface area contributed by atoms with Crippen molar-refractivity contribution in [3.8, 4) is 0 Å². The van der Waals surface area contributed by atoms with Gasteiger partial charge in [0.05, 0.1) is 5.54 Å². The minimum absolute atomic E-state index is 0.0822. The van der Waals surface area contributed by atoms with Crippen molar-refractivity contribution in [2.24, 2.45) is 5.73 Å². The largest absolute Gasteiger partial charge is 0.354 e. The van der Waals surface area contributed by atoms with Crippen LogP contribution in [0.2, 0.25) is 0 Å². The summed E-state index contributed by atoms with van der Waals surface area (Å²) in [6.45, 7) is 0.707. The fraction of sp³-hybridized carbons (Fsp3) is 0.818. The van der Waals surface area contributed by atoms with Gasteiger partial charge in [-0.2, -0.15) is 0 Å². The SMILES string of the molecule is NC1(C(=O)NC2CCCNC2=O)CCCC1. The molecule has 5 nitrogen and oxygen atoms in total. The van der Waals surface area contributed by atoms with Gasteiger partial charge in [-0.25, -0.2) is 0 Å². The Morgan fingerprint density at radius 2 is 2.06 bits per heavy atom. The first-order valence-corrected chi connectivity index (χ1v) is 5.99. The van der Waals surface area contributed by atoms with E-state index < -0.39 is 5.54 Å². The first kappa shape index (κ1) is 11.4. The second-order valence-electron chi connectivity index (χ2n) is 4.82. The van der Waals surface area contributed by atoms with Crippen LogP contribution in [0.3, 0.4) is 0 Å². The van der Waals surface area contributed by atoms with Gasteiger partial charge in [-0.1, -0.05) is 12.8 Å². The van der Waals surface area contributed by atoms with E-state index in [1.54, 1.807) is 0 Å². The summed E-state index contributed by atoms with van der Waals surface area (Å²) >= 11 is 0. The van der Waals surface area contributed by atoms with Gasteiger partial charge in [0.15, 0.2) is 0 Å². The van der Waals surface area contributed by atoms with E-state index in [0.717, 1.165) is 32.1 Å². The molecule has 0 aromatic heterocycles. The summed E-state index contributed by atoms with van der Waals surface area (Å²) in [6.07, 6.45) is 5.09. The summed E-state index contributed by atoms with van der Waals surface area (Å²) in [5.41, 5.74) is 5.28. The second-order valence-corrected chi connectivity index (χ2v) is 4.82. The molecule has 4 N–H and O–H groups in total. The molecular formula is C11H19N3O2. The maximum Gasteiger partial charge on any atom is 0.242 e. The molecule has 90 valence electrons. The van der Waals surface area contributed by atoms with Gasteiger partial charge >= 0.3 is 0 Å². The van der Waals surface area contributed by atoms with E-state index in [0.29, 0.717) is 13.0 Å². The molecule has 1 aliphatic heterocycles. The molecule has 16 heavy (non-hydrogen) atoms. The van der Waals surface area contributed by atoms with E-state index in [2.05, 4.69) is 10.6 Å². The molecule has 2 aliphatic rings. The maximum atomic E-state index is 12.0. The highest BCUT2D eigenvalue weighted by Crippen LogP contribution is 2.27. The number of hydrogen-bond acceptors (Lipinski definition) is 3. The minimum Gasteiger partial charge on any atom is -0.354 e. The van der Waals surface area contributed by atoms with Gasteiger partial charge in [0.1, 0.15) is 6.04 Å². The zero-order valence-corrected chi connectivity index (χ0v) is 9.42. The minimum atomic E-state index is -0.738. The van der Waals surface area contributed by atoms with E-state index in [-0.39, 0.29) is 17.9 Å². The summed E-state index contributed by atoms with van der Waals surface area (Å²) in [5, 5.41) is 5.52. The average Bonchev–Trinajstić information content (AvgIpc) is 2.70. The van der Waals surface area contributed by atoms with Gasteiger partial charge in [0.2, 0.25) is 11.8 Å². The van der Waals surface area contributed by atoms with Crippen molar-refractivity contribution < 1.29 is 9.59 Å². The molecule has 2 amide bonds. The molecule has 0 aromatic carbocycles. The summed E-state index contributed by atoms with van der Waals surface area (Å²) in [5.74, 6) is -0.242. The zero-order chi connectivity index (χ0) is 11.6. The molecule has 5 heteroatoms. The second kappa shape index (κ2) is 4.41. The molecule has 1 saturated carbocycles. The number of carbonyl (C=O) groups excluding carboxylic acids is 2. The normalized spacial score (nSPS) is 28.6. The Bertz CT molecular complexity index is 298. The summed E-state index contributed by atoms with van der Waals surface area (Å²) in [7, 11) is 0. The number of carbonyl (C=O) groups is 2.